The average molecular weight is 249 g/mol. The van der Waals surface area contributed by atoms with Crippen molar-refractivity contribution in [3.8, 4) is 0 Å². The van der Waals surface area contributed by atoms with Crippen LogP contribution in [0.15, 0.2) is 22.8 Å². The maximum atomic E-state index is 12.6. The molecule has 0 bridgehead atoms. The minimum atomic E-state index is -0.324. The van der Waals surface area contributed by atoms with Gasteiger partial charge in [0, 0.05) is 11.5 Å². The van der Waals surface area contributed by atoms with Crippen LogP contribution in [-0.4, -0.2) is 16.8 Å². The highest BCUT2D eigenvalue weighted by atomic mass is 16.3. The molecule has 1 fully saturated rings. The molecule has 0 unspecified atom stereocenters. The van der Waals surface area contributed by atoms with E-state index in [2.05, 4.69) is 0 Å². The lowest BCUT2D eigenvalue weighted by molar-refractivity contribution is -0.142. The van der Waals surface area contributed by atoms with Crippen molar-refractivity contribution in [3.05, 3.63) is 24.2 Å². The summed E-state index contributed by atoms with van der Waals surface area (Å²) in [6.45, 7) is 6.56. The summed E-state index contributed by atoms with van der Waals surface area (Å²) < 4.78 is 5.39. The molecule has 1 heterocycles. The summed E-state index contributed by atoms with van der Waals surface area (Å²) in [6, 6.07) is 4.21. The Kier molecular flexibility index (Phi) is 3.79. The fraction of sp³-hybridized carbons (Fsp3) is 0.667. The predicted octanol–water partition coefficient (Wildman–Crippen LogP) is 3.60. The lowest BCUT2D eigenvalue weighted by Gasteiger charge is -2.33. The van der Waals surface area contributed by atoms with Crippen molar-refractivity contribution in [1.82, 2.24) is 4.90 Å². The number of furan rings is 1. The first-order valence-corrected chi connectivity index (χ1v) is 6.82. The smallest absolute Gasteiger partial charge is 0.228 e. The van der Waals surface area contributed by atoms with Crippen molar-refractivity contribution >= 4 is 5.91 Å². The molecule has 1 saturated carbocycles. The van der Waals surface area contributed by atoms with Crippen molar-refractivity contribution < 1.29 is 9.21 Å². The van der Waals surface area contributed by atoms with Crippen LogP contribution in [0.3, 0.4) is 0 Å². The molecule has 18 heavy (non-hydrogen) atoms. The van der Waals surface area contributed by atoms with E-state index in [4.69, 9.17) is 4.42 Å². The van der Waals surface area contributed by atoms with Crippen molar-refractivity contribution in [2.45, 2.75) is 59.0 Å². The molecule has 1 amide bonds. The lowest BCUT2D eigenvalue weighted by Crippen LogP contribution is -2.44. The Labute approximate surface area is 109 Å². The Balaban J connectivity index is 2.14. The Morgan fingerprint density at radius 1 is 1.39 bits per heavy atom. The highest BCUT2D eigenvalue weighted by molar-refractivity contribution is 5.81. The molecule has 0 saturated heterocycles. The van der Waals surface area contributed by atoms with Crippen LogP contribution in [0.1, 0.15) is 52.2 Å². The second-order valence-electron chi connectivity index (χ2n) is 6.20. The number of rotatable bonds is 3. The summed E-state index contributed by atoms with van der Waals surface area (Å²) in [7, 11) is 0. The molecule has 2 rings (SSSR count). The third-order valence-corrected chi connectivity index (χ3v) is 3.57. The normalized spacial score (nSPS) is 17.1. The van der Waals surface area contributed by atoms with Crippen LogP contribution in [-0.2, 0) is 11.3 Å². The Bertz CT molecular complexity index is 383. The molecule has 0 atom stereocenters. The Morgan fingerprint density at radius 2 is 2.06 bits per heavy atom. The molecular formula is C15H23NO2. The molecule has 0 N–H and O–H groups in total. The first-order chi connectivity index (χ1) is 8.48. The largest absolute Gasteiger partial charge is 0.467 e. The van der Waals surface area contributed by atoms with E-state index in [0.29, 0.717) is 12.6 Å². The van der Waals surface area contributed by atoms with Crippen LogP contribution >= 0.6 is 0 Å². The van der Waals surface area contributed by atoms with Gasteiger partial charge in [-0.15, -0.1) is 0 Å². The minimum Gasteiger partial charge on any atom is -0.467 e. The van der Waals surface area contributed by atoms with Crippen molar-refractivity contribution in [2.24, 2.45) is 5.41 Å². The maximum absolute atomic E-state index is 12.6. The van der Waals surface area contributed by atoms with E-state index in [1.165, 1.54) is 12.8 Å². The molecule has 100 valence electrons. The fourth-order valence-electron chi connectivity index (χ4n) is 2.58. The van der Waals surface area contributed by atoms with E-state index >= 15 is 0 Å². The standard InChI is InChI=1S/C15H23NO2/c1-15(2,3)14(17)16(12-7-4-5-8-12)11-13-9-6-10-18-13/h6,9-10,12H,4-5,7-8,11H2,1-3H3. The molecule has 3 heteroatoms. The van der Waals surface area contributed by atoms with Gasteiger partial charge in [-0.2, -0.15) is 0 Å². The van der Waals surface area contributed by atoms with Gasteiger partial charge in [0.2, 0.25) is 5.91 Å². The van der Waals surface area contributed by atoms with Gasteiger partial charge in [-0.3, -0.25) is 4.79 Å². The second-order valence-corrected chi connectivity index (χ2v) is 6.20. The number of hydrogen-bond acceptors (Lipinski definition) is 2. The average Bonchev–Trinajstić information content (AvgIpc) is 2.96. The third kappa shape index (κ3) is 2.95. The minimum absolute atomic E-state index is 0.228. The van der Waals surface area contributed by atoms with Crippen LogP contribution in [0.4, 0.5) is 0 Å². The molecule has 1 aliphatic rings. The van der Waals surface area contributed by atoms with Crippen molar-refractivity contribution in [2.75, 3.05) is 0 Å². The van der Waals surface area contributed by atoms with Crippen molar-refractivity contribution in [3.63, 3.8) is 0 Å². The zero-order chi connectivity index (χ0) is 13.2. The van der Waals surface area contributed by atoms with Gasteiger partial charge in [-0.05, 0) is 25.0 Å². The summed E-state index contributed by atoms with van der Waals surface area (Å²) in [6.07, 6.45) is 6.39. The fourth-order valence-corrected chi connectivity index (χ4v) is 2.58. The van der Waals surface area contributed by atoms with Crippen LogP contribution in [0.25, 0.3) is 0 Å². The Hall–Kier alpha value is -1.25. The molecule has 1 aromatic heterocycles. The molecule has 1 aromatic rings. The van der Waals surface area contributed by atoms with E-state index in [9.17, 15) is 4.79 Å². The molecule has 1 aliphatic carbocycles. The number of carbonyl (C=O) groups is 1. The lowest BCUT2D eigenvalue weighted by atomic mass is 9.93. The van der Waals surface area contributed by atoms with E-state index in [-0.39, 0.29) is 11.3 Å². The van der Waals surface area contributed by atoms with Crippen LogP contribution in [0, 0.1) is 5.41 Å². The summed E-state index contributed by atoms with van der Waals surface area (Å²) in [5, 5.41) is 0. The molecule has 3 nitrogen and oxygen atoms in total. The zero-order valence-electron chi connectivity index (χ0n) is 11.6. The van der Waals surface area contributed by atoms with Gasteiger partial charge < -0.3 is 9.32 Å². The number of hydrogen-bond donors (Lipinski definition) is 0. The van der Waals surface area contributed by atoms with E-state index < -0.39 is 0 Å². The molecule has 0 aliphatic heterocycles. The highest BCUT2D eigenvalue weighted by Gasteiger charge is 2.33. The summed E-state index contributed by atoms with van der Waals surface area (Å²) in [5.74, 6) is 1.10. The molecule has 0 aromatic carbocycles. The number of amides is 1. The number of nitrogens with zero attached hydrogens (tertiary/aromatic N) is 1. The zero-order valence-corrected chi connectivity index (χ0v) is 11.6. The third-order valence-electron chi connectivity index (χ3n) is 3.57. The van der Waals surface area contributed by atoms with Crippen LogP contribution in [0.2, 0.25) is 0 Å². The summed E-state index contributed by atoms with van der Waals surface area (Å²) in [4.78, 5) is 14.6. The molecular weight excluding hydrogens is 226 g/mol. The van der Waals surface area contributed by atoms with E-state index in [0.717, 1.165) is 18.6 Å². The van der Waals surface area contributed by atoms with Gasteiger partial charge in [0.1, 0.15) is 5.76 Å². The quantitative estimate of drug-likeness (QED) is 0.820. The first-order valence-electron chi connectivity index (χ1n) is 6.82. The van der Waals surface area contributed by atoms with Crippen LogP contribution in [0.5, 0.6) is 0 Å². The summed E-state index contributed by atoms with van der Waals surface area (Å²) in [5.41, 5.74) is -0.324. The van der Waals surface area contributed by atoms with E-state index in [1.807, 2.05) is 37.8 Å². The Morgan fingerprint density at radius 3 is 2.56 bits per heavy atom. The second kappa shape index (κ2) is 5.17. The SMILES string of the molecule is CC(C)(C)C(=O)N(Cc1ccco1)C1CCCC1. The summed E-state index contributed by atoms with van der Waals surface area (Å²) >= 11 is 0. The monoisotopic (exact) mass is 249 g/mol. The van der Waals surface area contributed by atoms with Gasteiger partial charge in [0.05, 0.1) is 12.8 Å². The predicted molar refractivity (Wildman–Crippen MR) is 71.0 cm³/mol. The molecule has 0 radical (unpaired) electrons. The molecule has 0 spiro atoms. The van der Waals surface area contributed by atoms with Gasteiger partial charge >= 0.3 is 0 Å². The highest BCUT2D eigenvalue weighted by Crippen LogP contribution is 2.29. The number of carbonyl (C=O) groups excluding carboxylic acids is 1. The maximum Gasteiger partial charge on any atom is 0.228 e. The first kappa shape index (κ1) is 13.2. The van der Waals surface area contributed by atoms with Crippen molar-refractivity contribution in [1.29, 1.82) is 0 Å². The van der Waals surface area contributed by atoms with Gasteiger partial charge in [0.15, 0.2) is 0 Å². The van der Waals surface area contributed by atoms with Gasteiger partial charge in [-0.1, -0.05) is 33.6 Å². The van der Waals surface area contributed by atoms with Gasteiger partial charge in [0.25, 0.3) is 0 Å². The van der Waals surface area contributed by atoms with E-state index in [1.54, 1.807) is 6.26 Å². The van der Waals surface area contributed by atoms with Crippen LogP contribution < -0.4 is 0 Å². The topological polar surface area (TPSA) is 33.5 Å². The van der Waals surface area contributed by atoms with Gasteiger partial charge in [-0.25, -0.2) is 0 Å².